The molecule has 1 N–H and O–H groups in total. The van der Waals surface area contributed by atoms with Crippen molar-refractivity contribution in [2.45, 2.75) is 38.1 Å². The van der Waals surface area contributed by atoms with Crippen LogP contribution in [0.3, 0.4) is 0 Å². The van der Waals surface area contributed by atoms with Crippen LogP contribution in [-0.4, -0.2) is 10.9 Å². The first-order valence-electron chi connectivity index (χ1n) is 9.84. The van der Waals surface area contributed by atoms with E-state index in [-0.39, 0.29) is 30.5 Å². The third-order valence-electron chi connectivity index (χ3n) is 5.36. The van der Waals surface area contributed by atoms with E-state index in [1.54, 1.807) is 24.4 Å². The van der Waals surface area contributed by atoms with Crippen molar-refractivity contribution in [3.63, 3.8) is 0 Å². The van der Waals surface area contributed by atoms with E-state index in [4.69, 9.17) is 0 Å². The molecule has 0 spiro atoms. The Morgan fingerprint density at radius 3 is 2.55 bits per heavy atom. The van der Waals surface area contributed by atoms with E-state index in [0.29, 0.717) is 17.2 Å². The molecular weight excluding hydrogens is 370 g/mol. The van der Waals surface area contributed by atoms with Gasteiger partial charge in [-0.25, -0.2) is 8.78 Å². The summed E-state index contributed by atoms with van der Waals surface area (Å²) >= 11 is 0. The Hall–Kier alpha value is -3.08. The quantitative estimate of drug-likeness (QED) is 0.630. The van der Waals surface area contributed by atoms with Gasteiger partial charge in [0.1, 0.15) is 11.6 Å². The van der Waals surface area contributed by atoms with E-state index < -0.39 is 0 Å². The average Bonchev–Trinajstić information content (AvgIpc) is 2.65. The first kappa shape index (κ1) is 19.2. The van der Waals surface area contributed by atoms with Gasteiger partial charge < -0.3 is 5.32 Å². The standard InChI is InChI=1S/C24H22F2N2O/c25-21-6-1-3-16(9-21)15-28-24(29)10-17-7-8-23(27-14-17)20-11-19(12-22(26)13-20)18-4-2-5-18/h1,3,6-9,11-14,18H,2,4-5,10,15H2,(H,28,29). The predicted octanol–water partition coefficient (Wildman–Crippen LogP) is 5.15. The van der Waals surface area contributed by atoms with E-state index in [9.17, 15) is 13.6 Å². The summed E-state index contributed by atoms with van der Waals surface area (Å²) < 4.78 is 27.2. The molecule has 1 aliphatic rings. The zero-order chi connectivity index (χ0) is 20.2. The second-order valence-corrected chi connectivity index (χ2v) is 7.54. The lowest BCUT2D eigenvalue weighted by molar-refractivity contribution is -0.120. The smallest absolute Gasteiger partial charge is 0.224 e. The van der Waals surface area contributed by atoms with Gasteiger partial charge in [-0.3, -0.25) is 9.78 Å². The minimum atomic E-state index is -0.325. The lowest BCUT2D eigenvalue weighted by Crippen LogP contribution is -2.24. The molecular formula is C24H22F2N2O. The van der Waals surface area contributed by atoms with Crippen molar-refractivity contribution in [1.29, 1.82) is 0 Å². The normalized spacial score (nSPS) is 13.7. The van der Waals surface area contributed by atoms with Gasteiger partial charge >= 0.3 is 0 Å². The molecule has 1 amide bonds. The molecule has 0 saturated heterocycles. The van der Waals surface area contributed by atoms with Gasteiger partial charge in [0.25, 0.3) is 0 Å². The van der Waals surface area contributed by atoms with Crippen LogP contribution in [-0.2, 0) is 17.8 Å². The van der Waals surface area contributed by atoms with Crippen molar-refractivity contribution in [2.24, 2.45) is 0 Å². The largest absolute Gasteiger partial charge is 0.352 e. The first-order chi connectivity index (χ1) is 14.1. The van der Waals surface area contributed by atoms with E-state index in [1.165, 1.54) is 24.6 Å². The fraction of sp³-hybridized carbons (Fsp3) is 0.250. The van der Waals surface area contributed by atoms with Crippen LogP contribution in [0, 0.1) is 11.6 Å². The number of aromatic nitrogens is 1. The zero-order valence-electron chi connectivity index (χ0n) is 16.0. The minimum absolute atomic E-state index is 0.165. The highest BCUT2D eigenvalue weighted by atomic mass is 19.1. The molecule has 0 bridgehead atoms. The molecule has 3 nitrogen and oxygen atoms in total. The molecule has 0 unspecified atom stereocenters. The summed E-state index contributed by atoms with van der Waals surface area (Å²) in [4.78, 5) is 16.6. The van der Waals surface area contributed by atoms with Gasteiger partial charge in [-0.2, -0.15) is 0 Å². The Bertz CT molecular complexity index is 1010. The maximum absolute atomic E-state index is 14.0. The van der Waals surface area contributed by atoms with Crippen LogP contribution in [0.2, 0.25) is 0 Å². The molecule has 148 valence electrons. The van der Waals surface area contributed by atoms with Gasteiger partial charge in [-0.1, -0.05) is 24.6 Å². The topological polar surface area (TPSA) is 42.0 Å². The second-order valence-electron chi connectivity index (χ2n) is 7.54. The van der Waals surface area contributed by atoms with Gasteiger partial charge in [-0.05, 0) is 71.8 Å². The molecule has 0 atom stereocenters. The van der Waals surface area contributed by atoms with Crippen LogP contribution in [0.15, 0.2) is 60.8 Å². The molecule has 1 aliphatic carbocycles. The number of amides is 1. The van der Waals surface area contributed by atoms with E-state index in [1.807, 2.05) is 18.2 Å². The van der Waals surface area contributed by atoms with Crippen molar-refractivity contribution >= 4 is 5.91 Å². The molecule has 1 fully saturated rings. The van der Waals surface area contributed by atoms with E-state index in [0.717, 1.165) is 29.5 Å². The maximum atomic E-state index is 14.0. The number of hydrogen-bond donors (Lipinski definition) is 1. The Morgan fingerprint density at radius 2 is 1.86 bits per heavy atom. The highest BCUT2D eigenvalue weighted by Gasteiger charge is 2.20. The Balaban J connectivity index is 1.39. The Kier molecular flexibility index (Phi) is 5.65. The summed E-state index contributed by atoms with van der Waals surface area (Å²) in [5.74, 6) is -0.284. The third kappa shape index (κ3) is 4.86. The molecule has 0 radical (unpaired) electrons. The van der Waals surface area contributed by atoms with Gasteiger partial charge in [0.15, 0.2) is 0 Å². The van der Waals surface area contributed by atoms with Gasteiger partial charge in [0, 0.05) is 18.3 Å². The Labute approximate surface area is 168 Å². The Morgan fingerprint density at radius 1 is 1.00 bits per heavy atom. The predicted molar refractivity (Wildman–Crippen MR) is 108 cm³/mol. The number of nitrogens with one attached hydrogen (secondary N) is 1. The van der Waals surface area contributed by atoms with Gasteiger partial charge in [0.2, 0.25) is 5.91 Å². The summed E-state index contributed by atoms with van der Waals surface area (Å²) in [6, 6.07) is 14.9. The molecule has 1 aromatic heterocycles. The van der Waals surface area contributed by atoms with Gasteiger partial charge in [-0.15, -0.1) is 0 Å². The van der Waals surface area contributed by atoms with Crippen molar-refractivity contribution in [1.82, 2.24) is 10.3 Å². The minimum Gasteiger partial charge on any atom is -0.352 e. The van der Waals surface area contributed by atoms with Crippen molar-refractivity contribution in [3.05, 3.63) is 89.1 Å². The molecule has 0 aliphatic heterocycles. The van der Waals surface area contributed by atoms with Crippen molar-refractivity contribution in [3.8, 4) is 11.3 Å². The number of nitrogens with zero attached hydrogens (tertiary/aromatic N) is 1. The molecule has 5 heteroatoms. The summed E-state index contributed by atoms with van der Waals surface area (Å²) in [6.07, 6.45) is 5.24. The highest BCUT2D eigenvalue weighted by Crippen LogP contribution is 2.38. The first-order valence-corrected chi connectivity index (χ1v) is 9.84. The lowest BCUT2D eigenvalue weighted by atomic mass is 9.79. The average molecular weight is 392 g/mol. The SMILES string of the molecule is O=C(Cc1ccc(-c2cc(F)cc(C3CCC3)c2)nc1)NCc1cccc(F)c1. The number of carbonyl (C=O) groups is 1. The number of halogens is 2. The van der Waals surface area contributed by atoms with Crippen molar-refractivity contribution < 1.29 is 13.6 Å². The molecule has 4 rings (SSSR count). The van der Waals surface area contributed by atoms with Crippen LogP contribution in [0.1, 0.15) is 41.9 Å². The van der Waals surface area contributed by atoms with Crippen LogP contribution >= 0.6 is 0 Å². The van der Waals surface area contributed by atoms with Crippen molar-refractivity contribution in [2.75, 3.05) is 0 Å². The number of benzene rings is 2. The summed E-state index contributed by atoms with van der Waals surface area (Å²) in [5.41, 5.74) is 3.96. The van der Waals surface area contributed by atoms with Crippen LogP contribution in [0.5, 0.6) is 0 Å². The van der Waals surface area contributed by atoms with Crippen LogP contribution < -0.4 is 5.32 Å². The summed E-state index contributed by atoms with van der Waals surface area (Å²) in [7, 11) is 0. The molecule has 2 aromatic carbocycles. The van der Waals surface area contributed by atoms with E-state index >= 15 is 0 Å². The number of rotatable bonds is 6. The summed E-state index contributed by atoms with van der Waals surface area (Å²) in [5, 5.41) is 2.78. The highest BCUT2D eigenvalue weighted by molar-refractivity contribution is 5.78. The van der Waals surface area contributed by atoms with E-state index in [2.05, 4.69) is 10.3 Å². The fourth-order valence-corrected chi connectivity index (χ4v) is 3.53. The van der Waals surface area contributed by atoms with Crippen LogP contribution in [0.25, 0.3) is 11.3 Å². The fourth-order valence-electron chi connectivity index (χ4n) is 3.53. The lowest BCUT2D eigenvalue weighted by Gasteiger charge is -2.26. The van der Waals surface area contributed by atoms with Crippen LogP contribution in [0.4, 0.5) is 8.78 Å². The zero-order valence-corrected chi connectivity index (χ0v) is 16.0. The molecule has 29 heavy (non-hydrogen) atoms. The van der Waals surface area contributed by atoms with Gasteiger partial charge in [0.05, 0.1) is 12.1 Å². The molecule has 1 saturated carbocycles. The molecule has 1 heterocycles. The third-order valence-corrected chi connectivity index (χ3v) is 5.36. The molecule has 3 aromatic rings. The monoisotopic (exact) mass is 392 g/mol. The summed E-state index contributed by atoms with van der Waals surface area (Å²) in [6.45, 7) is 0.273. The maximum Gasteiger partial charge on any atom is 0.224 e. The number of carbonyl (C=O) groups excluding carboxylic acids is 1. The number of pyridine rings is 1. The number of hydrogen-bond acceptors (Lipinski definition) is 2. The second kappa shape index (κ2) is 8.52.